The summed E-state index contributed by atoms with van der Waals surface area (Å²) in [5.41, 5.74) is 4.09. The van der Waals surface area contributed by atoms with Gasteiger partial charge in [0.15, 0.2) is 5.65 Å². The number of carbonyl (C=O) groups is 2. The zero-order chi connectivity index (χ0) is 25.1. The van der Waals surface area contributed by atoms with Crippen LogP contribution >= 0.6 is 0 Å². The van der Waals surface area contributed by atoms with Crippen molar-refractivity contribution in [1.82, 2.24) is 19.5 Å². The normalized spacial score (nSPS) is 15.6. The molecule has 1 fully saturated rings. The lowest BCUT2D eigenvalue weighted by atomic mass is 9.98. The van der Waals surface area contributed by atoms with Crippen molar-refractivity contribution in [2.75, 3.05) is 26.8 Å². The highest BCUT2D eigenvalue weighted by atomic mass is 16.5. The third kappa shape index (κ3) is 4.66. The molecule has 8 heteroatoms. The highest BCUT2D eigenvalue weighted by molar-refractivity contribution is 5.95. The summed E-state index contributed by atoms with van der Waals surface area (Å²) in [6.07, 6.45) is 1.45. The van der Waals surface area contributed by atoms with E-state index in [2.05, 4.69) is 0 Å². The molecule has 0 spiro atoms. The van der Waals surface area contributed by atoms with Crippen LogP contribution in [0.5, 0.6) is 5.75 Å². The van der Waals surface area contributed by atoms with Crippen LogP contribution in [-0.4, -0.2) is 58.2 Å². The van der Waals surface area contributed by atoms with Gasteiger partial charge in [0.1, 0.15) is 11.4 Å². The summed E-state index contributed by atoms with van der Waals surface area (Å²) in [5, 5.41) is 4.74. The molecule has 2 aromatic carbocycles. The summed E-state index contributed by atoms with van der Waals surface area (Å²) in [6.45, 7) is 3.01. The molecule has 3 heterocycles. The van der Waals surface area contributed by atoms with Crippen molar-refractivity contribution >= 4 is 17.5 Å². The molecule has 0 N–H and O–H groups in total. The number of fused-ring (bicyclic) bond motifs is 1. The Morgan fingerprint density at radius 2 is 1.81 bits per heavy atom. The van der Waals surface area contributed by atoms with Crippen LogP contribution in [0.3, 0.4) is 0 Å². The van der Waals surface area contributed by atoms with Crippen LogP contribution in [0.1, 0.15) is 30.3 Å². The second-order valence-electron chi connectivity index (χ2n) is 8.77. The van der Waals surface area contributed by atoms with Gasteiger partial charge in [0, 0.05) is 30.3 Å². The maximum atomic E-state index is 13.9. The third-order valence-electron chi connectivity index (χ3n) is 6.41. The van der Waals surface area contributed by atoms with Gasteiger partial charge >= 0.3 is 5.97 Å². The quantitative estimate of drug-likeness (QED) is 0.375. The Morgan fingerprint density at radius 3 is 2.58 bits per heavy atom. The van der Waals surface area contributed by atoms with Crippen LogP contribution in [0.15, 0.2) is 66.7 Å². The minimum Gasteiger partial charge on any atom is -0.497 e. The molecule has 1 amide bonds. The fraction of sp³-hybridized carbons (Fsp3) is 0.286. The van der Waals surface area contributed by atoms with Gasteiger partial charge in [-0.05, 0) is 38.0 Å². The number of piperidine rings is 1. The Kier molecular flexibility index (Phi) is 6.66. The van der Waals surface area contributed by atoms with Crippen molar-refractivity contribution < 1.29 is 19.1 Å². The number of benzene rings is 2. The predicted molar refractivity (Wildman–Crippen MR) is 136 cm³/mol. The van der Waals surface area contributed by atoms with E-state index in [-0.39, 0.29) is 17.8 Å². The molecule has 1 aliphatic rings. The van der Waals surface area contributed by atoms with Crippen molar-refractivity contribution in [2.45, 2.75) is 19.8 Å². The number of esters is 1. The van der Waals surface area contributed by atoms with E-state index in [1.807, 2.05) is 60.7 Å². The molecule has 1 saturated heterocycles. The molecule has 4 aromatic rings. The zero-order valence-corrected chi connectivity index (χ0v) is 20.4. The summed E-state index contributed by atoms with van der Waals surface area (Å²) >= 11 is 0. The van der Waals surface area contributed by atoms with Crippen LogP contribution < -0.4 is 4.74 Å². The summed E-state index contributed by atoms with van der Waals surface area (Å²) in [6, 6.07) is 21.0. The van der Waals surface area contributed by atoms with Crippen molar-refractivity contribution in [1.29, 1.82) is 0 Å². The average Bonchev–Trinajstić information content (AvgIpc) is 3.37. The van der Waals surface area contributed by atoms with Crippen molar-refractivity contribution in [3.63, 3.8) is 0 Å². The minimum atomic E-state index is -0.324. The van der Waals surface area contributed by atoms with Crippen LogP contribution in [-0.2, 0) is 9.53 Å². The first-order chi connectivity index (χ1) is 17.6. The zero-order valence-electron chi connectivity index (χ0n) is 20.4. The van der Waals surface area contributed by atoms with Gasteiger partial charge in [-0.3, -0.25) is 9.59 Å². The average molecular weight is 485 g/mol. The lowest BCUT2D eigenvalue weighted by Gasteiger charge is -2.31. The van der Waals surface area contributed by atoms with Crippen LogP contribution in [0.4, 0.5) is 0 Å². The molecule has 1 unspecified atom stereocenters. The molecular weight excluding hydrogens is 456 g/mol. The molecular formula is C28H28N4O4. The van der Waals surface area contributed by atoms with E-state index in [1.54, 1.807) is 29.5 Å². The number of hydrogen-bond acceptors (Lipinski definition) is 6. The Labute approximate surface area is 209 Å². The summed E-state index contributed by atoms with van der Waals surface area (Å²) < 4.78 is 12.2. The van der Waals surface area contributed by atoms with E-state index in [1.165, 1.54) is 0 Å². The maximum absolute atomic E-state index is 13.9. The smallest absolute Gasteiger partial charge is 0.310 e. The number of likely N-dealkylation sites (tertiary alicyclic amines) is 1. The Morgan fingerprint density at radius 1 is 1.00 bits per heavy atom. The largest absolute Gasteiger partial charge is 0.497 e. The van der Waals surface area contributed by atoms with Gasteiger partial charge in [-0.15, -0.1) is 0 Å². The summed E-state index contributed by atoms with van der Waals surface area (Å²) in [4.78, 5) is 32.8. The highest BCUT2D eigenvalue weighted by Crippen LogP contribution is 2.28. The number of methoxy groups -OCH3 is 1. The first-order valence-electron chi connectivity index (χ1n) is 12.1. The topological polar surface area (TPSA) is 86.0 Å². The Balaban J connectivity index is 1.59. The first-order valence-corrected chi connectivity index (χ1v) is 12.1. The van der Waals surface area contributed by atoms with Crippen molar-refractivity contribution in [3.8, 4) is 28.3 Å². The highest BCUT2D eigenvalue weighted by Gasteiger charge is 2.31. The third-order valence-corrected chi connectivity index (χ3v) is 6.41. The molecule has 0 saturated carbocycles. The van der Waals surface area contributed by atoms with E-state index < -0.39 is 0 Å². The lowest BCUT2D eigenvalue weighted by Crippen LogP contribution is -2.43. The molecule has 1 atom stereocenters. The van der Waals surface area contributed by atoms with E-state index in [9.17, 15) is 9.59 Å². The molecule has 0 aliphatic carbocycles. The van der Waals surface area contributed by atoms with E-state index in [0.29, 0.717) is 48.9 Å². The van der Waals surface area contributed by atoms with E-state index in [0.717, 1.165) is 23.2 Å². The standard InChI is InChI=1S/C28H28N4O4/c1-3-36-28(34)21-12-8-14-31(18-21)27(33)25-16-23(20-11-7-13-22(15-20)35-2)29-26-17-24(30-32(25)26)19-9-5-4-6-10-19/h4-7,9-11,13,15-17,21H,3,8,12,14,18H2,1-2H3. The lowest BCUT2D eigenvalue weighted by molar-refractivity contribution is -0.149. The summed E-state index contributed by atoms with van der Waals surface area (Å²) in [5.74, 6) is -0.0650. The molecule has 1 aliphatic heterocycles. The van der Waals surface area contributed by atoms with Gasteiger partial charge in [-0.1, -0.05) is 42.5 Å². The Bertz CT molecular complexity index is 1400. The fourth-order valence-corrected chi connectivity index (χ4v) is 4.58. The number of aromatic nitrogens is 3. The number of ether oxygens (including phenoxy) is 2. The number of amides is 1. The molecule has 2 aromatic heterocycles. The SMILES string of the molecule is CCOC(=O)C1CCCN(C(=O)c2cc(-c3cccc(OC)c3)nc3cc(-c4ccccc4)nn23)C1. The van der Waals surface area contributed by atoms with Crippen LogP contribution in [0.25, 0.3) is 28.2 Å². The van der Waals surface area contributed by atoms with Crippen molar-refractivity contribution in [3.05, 3.63) is 72.4 Å². The van der Waals surface area contributed by atoms with Crippen LogP contribution in [0, 0.1) is 5.92 Å². The predicted octanol–water partition coefficient (Wildman–Crippen LogP) is 4.49. The molecule has 184 valence electrons. The fourth-order valence-electron chi connectivity index (χ4n) is 4.58. The number of carbonyl (C=O) groups excluding carboxylic acids is 2. The monoisotopic (exact) mass is 484 g/mol. The maximum Gasteiger partial charge on any atom is 0.310 e. The number of hydrogen-bond donors (Lipinski definition) is 0. The molecule has 5 rings (SSSR count). The van der Waals surface area contributed by atoms with Gasteiger partial charge in [0.25, 0.3) is 5.91 Å². The molecule has 0 bridgehead atoms. The minimum absolute atomic E-state index is 0.191. The first kappa shape index (κ1) is 23.5. The second-order valence-corrected chi connectivity index (χ2v) is 8.77. The summed E-state index contributed by atoms with van der Waals surface area (Å²) in [7, 11) is 1.62. The number of nitrogens with zero attached hydrogens (tertiary/aromatic N) is 4. The van der Waals surface area contributed by atoms with E-state index in [4.69, 9.17) is 19.6 Å². The van der Waals surface area contributed by atoms with Gasteiger partial charge in [0.2, 0.25) is 0 Å². The molecule has 0 radical (unpaired) electrons. The van der Waals surface area contributed by atoms with Gasteiger partial charge in [-0.2, -0.15) is 5.10 Å². The van der Waals surface area contributed by atoms with E-state index >= 15 is 0 Å². The molecule has 8 nitrogen and oxygen atoms in total. The number of rotatable bonds is 6. The van der Waals surface area contributed by atoms with Gasteiger partial charge < -0.3 is 14.4 Å². The second kappa shape index (κ2) is 10.2. The van der Waals surface area contributed by atoms with Crippen LogP contribution in [0.2, 0.25) is 0 Å². The van der Waals surface area contributed by atoms with Gasteiger partial charge in [0.05, 0.1) is 31.0 Å². The molecule has 36 heavy (non-hydrogen) atoms. The van der Waals surface area contributed by atoms with Gasteiger partial charge in [-0.25, -0.2) is 9.50 Å². The Hall–Kier alpha value is -4.20. The van der Waals surface area contributed by atoms with Crippen molar-refractivity contribution in [2.24, 2.45) is 5.92 Å².